The number of carbonyl (C=O) groups excluding carboxylic acids is 1. The highest BCUT2D eigenvalue weighted by Gasteiger charge is 2.23. The van der Waals surface area contributed by atoms with Gasteiger partial charge >= 0.3 is 0 Å². The van der Waals surface area contributed by atoms with E-state index in [0.29, 0.717) is 18.7 Å². The highest BCUT2D eigenvalue weighted by Crippen LogP contribution is 2.20. The van der Waals surface area contributed by atoms with Gasteiger partial charge in [-0.1, -0.05) is 30.3 Å². The number of benzene rings is 2. The van der Waals surface area contributed by atoms with Crippen molar-refractivity contribution in [2.24, 2.45) is 0 Å². The highest BCUT2D eigenvalue weighted by molar-refractivity contribution is 7.99. The van der Waals surface area contributed by atoms with E-state index in [2.05, 4.69) is 24.0 Å². The summed E-state index contributed by atoms with van der Waals surface area (Å²) in [6, 6.07) is 16.7. The van der Waals surface area contributed by atoms with E-state index in [9.17, 15) is 9.18 Å². The third-order valence-corrected chi connectivity index (χ3v) is 6.09. The Morgan fingerprint density at radius 2 is 1.83 bits per heavy atom. The van der Waals surface area contributed by atoms with E-state index in [0.717, 1.165) is 43.3 Å². The molecule has 0 aliphatic carbocycles. The Bertz CT molecular complexity index is 751. The predicted molar refractivity (Wildman–Crippen MR) is 115 cm³/mol. The van der Waals surface area contributed by atoms with Gasteiger partial charge in [-0.25, -0.2) is 4.39 Å². The molecule has 0 aromatic heterocycles. The van der Waals surface area contributed by atoms with Crippen molar-refractivity contribution in [3.8, 4) is 0 Å². The molecule has 1 aliphatic rings. The number of carbonyl (C=O) groups is 1. The van der Waals surface area contributed by atoms with Crippen molar-refractivity contribution in [2.45, 2.75) is 30.8 Å². The number of halogens is 1. The topological polar surface area (TPSA) is 32.8 Å². The first-order chi connectivity index (χ1) is 14.1. The van der Waals surface area contributed by atoms with Crippen LogP contribution in [0.2, 0.25) is 0 Å². The number of hydrogen-bond donors (Lipinski definition) is 0. The van der Waals surface area contributed by atoms with Crippen LogP contribution in [0.25, 0.3) is 0 Å². The third-order valence-electron chi connectivity index (χ3n) is 5.07. The fraction of sp³-hybridized carbons (Fsp3) is 0.435. The monoisotopic (exact) mass is 416 g/mol. The highest BCUT2D eigenvalue weighted by atomic mass is 32.2. The molecular weight excluding hydrogens is 387 g/mol. The second kappa shape index (κ2) is 11.3. The molecule has 0 radical (unpaired) electrons. The second-order valence-electron chi connectivity index (χ2n) is 7.32. The minimum atomic E-state index is -0.239. The largest absolute Gasteiger partial charge is 0.379 e. The molecule has 3 rings (SSSR count). The van der Waals surface area contributed by atoms with Crippen LogP contribution in [-0.2, 0) is 16.1 Å². The summed E-state index contributed by atoms with van der Waals surface area (Å²) in [5.41, 5.74) is 1.14. The van der Waals surface area contributed by atoms with E-state index < -0.39 is 0 Å². The van der Waals surface area contributed by atoms with E-state index in [-0.39, 0.29) is 17.8 Å². The number of nitrogens with zero attached hydrogens (tertiary/aromatic N) is 2. The maximum Gasteiger partial charge on any atom is 0.223 e. The molecule has 1 saturated heterocycles. The molecule has 1 fully saturated rings. The molecule has 29 heavy (non-hydrogen) atoms. The number of amides is 1. The molecule has 2 aromatic rings. The Morgan fingerprint density at radius 3 is 2.52 bits per heavy atom. The summed E-state index contributed by atoms with van der Waals surface area (Å²) in [5, 5.41) is 0. The second-order valence-corrected chi connectivity index (χ2v) is 8.49. The van der Waals surface area contributed by atoms with E-state index >= 15 is 0 Å². The Labute approximate surface area is 177 Å². The minimum Gasteiger partial charge on any atom is -0.379 e. The number of ether oxygens (including phenoxy) is 1. The van der Waals surface area contributed by atoms with Gasteiger partial charge in [0.25, 0.3) is 0 Å². The lowest BCUT2D eigenvalue weighted by molar-refractivity contribution is -0.134. The Hall–Kier alpha value is -1.89. The van der Waals surface area contributed by atoms with Crippen LogP contribution in [0.4, 0.5) is 4.39 Å². The van der Waals surface area contributed by atoms with E-state index in [1.807, 2.05) is 23.1 Å². The van der Waals surface area contributed by atoms with Gasteiger partial charge in [0.15, 0.2) is 0 Å². The van der Waals surface area contributed by atoms with Crippen LogP contribution >= 0.6 is 11.8 Å². The summed E-state index contributed by atoms with van der Waals surface area (Å²) in [6.07, 6.45) is 0.461. The van der Waals surface area contributed by atoms with Crippen LogP contribution in [0.1, 0.15) is 18.9 Å². The molecule has 0 spiro atoms. The molecule has 1 amide bonds. The molecule has 1 aliphatic heterocycles. The summed E-state index contributed by atoms with van der Waals surface area (Å²) in [6.45, 7) is 6.94. The summed E-state index contributed by atoms with van der Waals surface area (Å²) < 4.78 is 18.5. The lowest BCUT2D eigenvalue weighted by atomic mass is 10.1. The molecule has 2 aromatic carbocycles. The van der Waals surface area contributed by atoms with E-state index in [1.165, 1.54) is 12.1 Å². The van der Waals surface area contributed by atoms with Crippen LogP contribution in [0.3, 0.4) is 0 Å². The van der Waals surface area contributed by atoms with Crippen LogP contribution in [-0.4, -0.2) is 60.3 Å². The molecule has 6 heteroatoms. The minimum absolute atomic E-state index is 0.122. The zero-order valence-electron chi connectivity index (χ0n) is 16.9. The first-order valence-electron chi connectivity index (χ1n) is 10.1. The fourth-order valence-electron chi connectivity index (χ4n) is 3.46. The van der Waals surface area contributed by atoms with Crippen molar-refractivity contribution in [1.29, 1.82) is 0 Å². The summed E-state index contributed by atoms with van der Waals surface area (Å²) in [5.74, 6) is 0.598. The van der Waals surface area contributed by atoms with Crippen molar-refractivity contribution < 1.29 is 13.9 Å². The molecule has 0 N–H and O–H groups in total. The molecule has 1 unspecified atom stereocenters. The van der Waals surface area contributed by atoms with Crippen LogP contribution in [0.5, 0.6) is 0 Å². The average molecular weight is 417 g/mol. The number of hydrogen-bond acceptors (Lipinski definition) is 4. The Morgan fingerprint density at radius 1 is 1.14 bits per heavy atom. The van der Waals surface area contributed by atoms with Crippen LogP contribution in [0.15, 0.2) is 59.5 Å². The molecule has 0 bridgehead atoms. The van der Waals surface area contributed by atoms with Crippen molar-refractivity contribution in [3.05, 3.63) is 66.0 Å². The van der Waals surface area contributed by atoms with Gasteiger partial charge in [-0.15, -0.1) is 11.8 Å². The van der Waals surface area contributed by atoms with Gasteiger partial charge < -0.3 is 9.64 Å². The molecule has 1 heterocycles. The normalized spacial score (nSPS) is 15.8. The van der Waals surface area contributed by atoms with Gasteiger partial charge in [0.05, 0.1) is 13.2 Å². The Kier molecular flexibility index (Phi) is 8.52. The quantitative estimate of drug-likeness (QED) is 0.577. The smallest absolute Gasteiger partial charge is 0.223 e. The lowest BCUT2D eigenvalue weighted by Crippen LogP contribution is -2.48. The van der Waals surface area contributed by atoms with Crippen molar-refractivity contribution in [2.75, 3.05) is 38.6 Å². The summed E-state index contributed by atoms with van der Waals surface area (Å²) in [4.78, 5) is 18.4. The predicted octanol–water partition coefficient (Wildman–Crippen LogP) is 4.06. The SMILES string of the molecule is CC(CN1CCOCC1)N(Cc1ccccc1)C(=O)CCSc1ccc(F)cc1. The van der Waals surface area contributed by atoms with E-state index in [1.54, 1.807) is 23.9 Å². The van der Waals surface area contributed by atoms with Gasteiger partial charge in [-0.05, 0) is 36.8 Å². The molecule has 156 valence electrons. The van der Waals surface area contributed by atoms with Gasteiger partial charge in [-0.3, -0.25) is 9.69 Å². The molecular formula is C23H29FN2O2S. The zero-order valence-corrected chi connectivity index (χ0v) is 17.7. The third kappa shape index (κ3) is 7.14. The average Bonchev–Trinajstić information content (AvgIpc) is 2.74. The van der Waals surface area contributed by atoms with Crippen LogP contribution < -0.4 is 0 Å². The van der Waals surface area contributed by atoms with Gasteiger partial charge in [0.1, 0.15) is 5.82 Å². The van der Waals surface area contributed by atoms with Crippen LogP contribution in [0, 0.1) is 5.82 Å². The maximum atomic E-state index is 13.1. The molecule has 1 atom stereocenters. The summed E-state index contributed by atoms with van der Waals surface area (Å²) >= 11 is 1.59. The maximum absolute atomic E-state index is 13.1. The van der Waals surface area contributed by atoms with E-state index in [4.69, 9.17) is 4.74 Å². The lowest BCUT2D eigenvalue weighted by Gasteiger charge is -2.35. The zero-order chi connectivity index (χ0) is 20.5. The van der Waals surface area contributed by atoms with Crippen molar-refractivity contribution in [1.82, 2.24) is 9.80 Å². The number of thioether (sulfide) groups is 1. The first-order valence-corrected chi connectivity index (χ1v) is 11.1. The van der Waals surface area contributed by atoms with Gasteiger partial charge in [0.2, 0.25) is 5.91 Å². The van der Waals surface area contributed by atoms with Crippen molar-refractivity contribution in [3.63, 3.8) is 0 Å². The first kappa shape index (κ1) is 21.8. The number of morpholine rings is 1. The fourth-order valence-corrected chi connectivity index (χ4v) is 4.30. The standard InChI is InChI=1S/C23H29FN2O2S/c1-19(17-25-12-14-28-15-13-25)26(18-20-5-3-2-4-6-20)23(27)11-16-29-22-9-7-21(24)8-10-22/h2-10,19H,11-18H2,1H3. The van der Waals surface area contributed by atoms with Gasteiger partial charge in [0, 0.05) is 49.3 Å². The van der Waals surface area contributed by atoms with Gasteiger partial charge in [-0.2, -0.15) is 0 Å². The number of rotatable bonds is 9. The van der Waals surface area contributed by atoms with Crippen molar-refractivity contribution >= 4 is 17.7 Å². The molecule has 0 saturated carbocycles. The molecule has 4 nitrogen and oxygen atoms in total. The summed E-state index contributed by atoms with van der Waals surface area (Å²) in [7, 11) is 0. The Balaban J connectivity index is 1.59.